The second kappa shape index (κ2) is 7.34. The summed E-state index contributed by atoms with van der Waals surface area (Å²) in [5.74, 6) is 1.36. The third kappa shape index (κ3) is 5.53. The van der Waals surface area contributed by atoms with E-state index in [0.29, 0.717) is 12.5 Å². The van der Waals surface area contributed by atoms with E-state index < -0.39 is 5.60 Å². The fraction of sp³-hybridized carbons (Fsp3) is 0.688. The third-order valence-corrected chi connectivity index (χ3v) is 3.95. The van der Waals surface area contributed by atoms with Gasteiger partial charge in [-0.2, -0.15) is 0 Å². The van der Waals surface area contributed by atoms with Crippen molar-refractivity contribution in [1.82, 2.24) is 15.3 Å². The summed E-state index contributed by atoms with van der Waals surface area (Å²) in [5, 5.41) is 3.13. The first-order chi connectivity index (χ1) is 10.7. The second-order valence-electron chi connectivity index (χ2n) is 6.96. The van der Waals surface area contributed by atoms with Gasteiger partial charge in [0.1, 0.15) is 11.4 Å². The Hall–Kier alpha value is -1.56. The maximum Gasteiger partial charge on any atom is 0.407 e. The summed E-state index contributed by atoms with van der Waals surface area (Å²) in [6, 6.07) is 0. The van der Waals surface area contributed by atoms with Crippen molar-refractivity contribution in [2.24, 2.45) is 5.92 Å². The summed E-state index contributed by atoms with van der Waals surface area (Å²) in [6.07, 6.45) is 3.40. The number of aromatic nitrogens is 2. The topological polar surface area (TPSA) is 67.4 Å². The Kier molecular flexibility index (Phi) is 5.68. The zero-order valence-electron chi connectivity index (χ0n) is 14.2. The summed E-state index contributed by atoms with van der Waals surface area (Å²) in [5.41, 5.74) is 0.566. The van der Waals surface area contributed by atoms with Gasteiger partial charge in [-0.25, -0.2) is 14.8 Å². The van der Waals surface area contributed by atoms with Crippen LogP contribution in [0.1, 0.15) is 39.2 Å². The molecular weight excluding hydrogens is 316 g/mol. The zero-order chi connectivity index (χ0) is 17.0. The minimum absolute atomic E-state index is 0.277. The number of alkyl carbamates (subject to hydrolysis) is 1. The fourth-order valence-electron chi connectivity index (χ4n) is 2.62. The average Bonchev–Trinajstić information content (AvgIpc) is 2.46. The van der Waals surface area contributed by atoms with Crippen LogP contribution in [0.4, 0.5) is 10.6 Å². The SMILES string of the molecule is Cc1cnc(Cl)nc1N1CCC(CNC(=O)OC(C)(C)C)CC1. The van der Waals surface area contributed by atoms with Gasteiger partial charge < -0.3 is 15.0 Å². The zero-order valence-corrected chi connectivity index (χ0v) is 15.0. The number of hydrogen-bond donors (Lipinski definition) is 1. The first kappa shape index (κ1) is 17.8. The summed E-state index contributed by atoms with van der Waals surface area (Å²) >= 11 is 5.89. The molecule has 1 aliphatic heterocycles. The number of rotatable bonds is 3. The molecule has 1 fully saturated rings. The molecule has 0 radical (unpaired) electrons. The molecule has 2 heterocycles. The molecule has 0 aliphatic carbocycles. The molecule has 1 saturated heterocycles. The lowest BCUT2D eigenvalue weighted by atomic mass is 9.96. The molecule has 1 N–H and O–H groups in total. The molecule has 1 aromatic heterocycles. The summed E-state index contributed by atoms with van der Waals surface area (Å²) in [6.45, 7) is 10.0. The van der Waals surface area contributed by atoms with E-state index in [9.17, 15) is 4.79 Å². The Bertz CT molecular complexity index is 552. The molecule has 0 bridgehead atoms. The number of hydrogen-bond acceptors (Lipinski definition) is 5. The predicted octanol–water partition coefficient (Wildman–Crippen LogP) is 3.18. The lowest BCUT2D eigenvalue weighted by Crippen LogP contribution is -2.40. The number of anilines is 1. The van der Waals surface area contributed by atoms with Crippen LogP contribution < -0.4 is 10.2 Å². The monoisotopic (exact) mass is 340 g/mol. The van der Waals surface area contributed by atoms with Gasteiger partial charge in [0.2, 0.25) is 5.28 Å². The lowest BCUT2D eigenvalue weighted by molar-refractivity contribution is 0.0517. The van der Waals surface area contributed by atoms with E-state index in [4.69, 9.17) is 16.3 Å². The minimum atomic E-state index is -0.461. The van der Waals surface area contributed by atoms with Crippen molar-refractivity contribution in [3.05, 3.63) is 17.0 Å². The van der Waals surface area contributed by atoms with E-state index in [1.54, 1.807) is 6.20 Å². The third-order valence-electron chi connectivity index (χ3n) is 3.76. The van der Waals surface area contributed by atoms with Crippen LogP contribution in [-0.4, -0.2) is 41.3 Å². The van der Waals surface area contributed by atoms with Gasteiger partial charge in [0.25, 0.3) is 0 Å². The first-order valence-electron chi connectivity index (χ1n) is 7.95. The Morgan fingerprint density at radius 1 is 1.43 bits per heavy atom. The van der Waals surface area contributed by atoms with Crippen molar-refractivity contribution in [1.29, 1.82) is 0 Å². The van der Waals surface area contributed by atoms with Crippen LogP contribution >= 0.6 is 11.6 Å². The van der Waals surface area contributed by atoms with Crippen LogP contribution in [0.25, 0.3) is 0 Å². The number of piperidine rings is 1. The van der Waals surface area contributed by atoms with Crippen LogP contribution in [0.2, 0.25) is 5.28 Å². The van der Waals surface area contributed by atoms with Crippen LogP contribution in [0.15, 0.2) is 6.20 Å². The maximum atomic E-state index is 11.7. The van der Waals surface area contributed by atoms with Crippen molar-refractivity contribution in [2.45, 2.75) is 46.1 Å². The molecule has 0 saturated carbocycles. The quantitative estimate of drug-likeness (QED) is 0.856. The highest BCUT2D eigenvalue weighted by Gasteiger charge is 2.23. The molecule has 128 valence electrons. The highest BCUT2D eigenvalue weighted by molar-refractivity contribution is 6.28. The van der Waals surface area contributed by atoms with Gasteiger partial charge in [0, 0.05) is 31.4 Å². The molecule has 0 aromatic carbocycles. The number of halogens is 1. The molecule has 0 spiro atoms. The lowest BCUT2D eigenvalue weighted by Gasteiger charge is -2.33. The van der Waals surface area contributed by atoms with Crippen molar-refractivity contribution in [2.75, 3.05) is 24.5 Å². The number of carbonyl (C=O) groups excluding carboxylic acids is 1. The minimum Gasteiger partial charge on any atom is -0.444 e. The Morgan fingerprint density at radius 2 is 2.09 bits per heavy atom. The molecule has 6 nitrogen and oxygen atoms in total. The van der Waals surface area contributed by atoms with Crippen molar-refractivity contribution in [3.63, 3.8) is 0 Å². The van der Waals surface area contributed by atoms with Gasteiger partial charge in [0.05, 0.1) is 0 Å². The number of ether oxygens (including phenoxy) is 1. The van der Waals surface area contributed by atoms with Crippen molar-refractivity contribution in [3.8, 4) is 0 Å². The molecular formula is C16H25ClN4O2. The van der Waals surface area contributed by atoms with Crippen LogP contribution in [0.3, 0.4) is 0 Å². The van der Waals surface area contributed by atoms with E-state index in [2.05, 4.69) is 20.2 Å². The second-order valence-corrected chi connectivity index (χ2v) is 7.30. The Labute approximate surface area is 142 Å². The summed E-state index contributed by atoms with van der Waals surface area (Å²) in [7, 11) is 0. The highest BCUT2D eigenvalue weighted by atomic mass is 35.5. The number of aryl methyl sites for hydroxylation is 1. The van der Waals surface area contributed by atoms with Gasteiger partial charge in [-0.1, -0.05) is 0 Å². The Balaban J connectivity index is 1.80. The van der Waals surface area contributed by atoms with Crippen LogP contribution in [0, 0.1) is 12.8 Å². The fourth-order valence-corrected chi connectivity index (χ4v) is 2.75. The van der Waals surface area contributed by atoms with E-state index in [1.807, 2.05) is 27.7 Å². The molecule has 1 aliphatic rings. The number of nitrogens with one attached hydrogen (secondary N) is 1. The molecule has 7 heteroatoms. The standard InChI is InChI=1S/C16H25ClN4O2/c1-11-9-18-14(17)20-13(11)21-7-5-12(6-8-21)10-19-15(22)23-16(2,3)4/h9,12H,5-8,10H2,1-4H3,(H,19,22). The maximum absolute atomic E-state index is 11.7. The number of amides is 1. The summed E-state index contributed by atoms with van der Waals surface area (Å²) in [4.78, 5) is 22.2. The predicted molar refractivity (Wildman–Crippen MR) is 91.0 cm³/mol. The normalized spacial score (nSPS) is 16.3. The highest BCUT2D eigenvalue weighted by Crippen LogP contribution is 2.24. The molecule has 0 unspecified atom stereocenters. The van der Waals surface area contributed by atoms with Gasteiger partial charge >= 0.3 is 6.09 Å². The number of carbonyl (C=O) groups is 1. The van der Waals surface area contributed by atoms with Crippen molar-refractivity contribution < 1.29 is 9.53 Å². The van der Waals surface area contributed by atoms with Gasteiger partial charge in [-0.15, -0.1) is 0 Å². The average molecular weight is 341 g/mol. The molecule has 1 aromatic rings. The molecule has 2 rings (SSSR count). The largest absolute Gasteiger partial charge is 0.444 e. The Morgan fingerprint density at radius 3 is 2.70 bits per heavy atom. The summed E-state index contributed by atoms with van der Waals surface area (Å²) < 4.78 is 5.26. The van der Waals surface area contributed by atoms with Gasteiger partial charge in [-0.05, 0) is 58.1 Å². The smallest absolute Gasteiger partial charge is 0.407 e. The van der Waals surface area contributed by atoms with Gasteiger partial charge in [-0.3, -0.25) is 0 Å². The van der Waals surface area contributed by atoms with Gasteiger partial charge in [0.15, 0.2) is 0 Å². The van der Waals surface area contributed by atoms with Crippen molar-refractivity contribution >= 4 is 23.5 Å². The van der Waals surface area contributed by atoms with E-state index >= 15 is 0 Å². The molecule has 23 heavy (non-hydrogen) atoms. The molecule has 1 amide bonds. The number of nitrogens with zero attached hydrogens (tertiary/aromatic N) is 3. The first-order valence-corrected chi connectivity index (χ1v) is 8.33. The van der Waals surface area contributed by atoms with Crippen LogP contribution in [-0.2, 0) is 4.74 Å². The van der Waals surface area contributed by atoms with Crippen LogP contribution in [0.5, 0.6) is 0 Å². The van der Waals surface area contributed by atoms with E-state index in [1.165, 1.54) is 0 Å². The molecule has 0 atom stereocenters. The van der Waals surface area contributed by atoms with E-state index in [-0.39, 0.29) is 11.4 Å². The van der Waals surface area contributed by atoms with E-state index in [0.717, 1.165) is 37.3 Å².